The molecule has 1 aliphatic rings. The molecule has 0 aromatic heterocycles. The Morgan fingerprint density at radius 1 is 1.48 bits per heavy atom. The van der Waals surface area contributed by atoms with Crippen LogP contribution in [-0.2, 0) is 15.8 Å². The van der Waals surface area contributed by atoms with Gasteiger partial charge in [-0.2, -0.15) is 21.3 Å². The molecule has 2 rings (SSSR count). The van der Waals surface area contributed by atoms with Crippen LogP contribution in [0.25, 0.3) is 0 Å². The van der Waals surface area contributed by atoms with Gasteiger partial charge in [0, 0.05) is 24.1 Å². The highest BCUT2D eigenvalue weighted by Crippen LogP contribution is 2.27. The molecule has 4 nitrogen and oxygen atoms in total. The van der Waals surface area contributed by atoms with Gasteiger partial charge in [0.25, 0.3) is 0 Å². The van der Waals surface area contributed by atoms with Gasteiger partial charge in [0.05, 0.1) is 17.4 Å². The van der Waals surface area contributed by atoms with Crippen LogP contribution >= 0.6 is 11.8 Å². The summed E-state index contributed by atoms with van der Waals surface area (Å²) in [6, 6.07) is 8.86. The maximum absolute atomic E-state index is 12.6. The van der Waals surface area contributed by atoms with Gasteiger partial charge in [-0.25, -0.2) is 8.42 Å². The fourth-order valence-electron chi connectivity index (χ4n) is 2.34. The highest BCUT2D eigenvalue weighted by atomic mass is 32.2. The van der Waals surface area contributed by atoms with Gasteiger partial charge in [0.15, 0.2) is 0 Å². The van der Waals surface area contributed by atoms with Gasteiger partial charge in [-0.3, -0.25) is 0 Å². The van der Waals surface area contributed by atoms with E-state index in [1.807, 2.05) is 17.8 Å². The summed E-state index contributed by atoms with van der Waals surface area (Å²) in [4.78, 5) is 0. The van der Waals surface area contributed by atoms with Gasteiger partial charge in [-0.05, 0) is 23.6 Å². The lowest BCUT2D eigenvalue weighted by Crippen LogP contribution is -2.43. The van der Waals surface area contributed by atoms with Gasteiger partial charge in [-0.1, -0.05) is 26.0 Å². The van der Waals surface area contributed by atoms with Gasteiger partial charge in [0.2, 0.25) is 10.0 Å². The topological polar surface area (TPSA) is 61.2 Å². The van der Waals surface area contributed by atoms with Crippen molar-refractivity contribution in [3.8, 4) is 6.07 Å². The molecule has 21 heavy (non-hydrogen) atoms. The van der Waals surface area contributed by atoms with Crippen molar-refractivity contribution in [2.24, 2.45) is 5.92 Å². The predicted molar refractivity (Wildman–Crippen MR) is 86.4 cm³/mol. The largest absolute Gasteiger partial charge is 0.218 e. The molecule has 1 atom stereocenters. The molecule has 0 aliphatic carbocycles. The van der Waals surface area contributed by atoms with E-state index >= 15 is 0 Å². The van der Waals surface area contributed by atoms with Crippen LogP contribution < -0.4 is 0 Å². The Bertz CT molecular complexity index is 635. The van der Waals surface area contributed by atoms with Crippen molar-refractivity contribution in [1.82, 2.24) is 4.31 Å². The Morgan fingerprint density at radius 2 is 2.24 bits per heavy atom. The first kappa shape index (κ1) is 16.3. The summed E-state index contributed by atoms with van der Waals surface area (Å²) < 4.78 is 26.7. The lowest BCUT2D eigenvalue weighted by molar-refractivity contribution is 0.391. The second-order valence-electron chi connectivity index (χ2n) is 5.58. The highest BCUT2D eigenvalue weighted by molar-refractivity contribution is 8.00. The van der Waals surface area contributed by atoms with Crippen molar-refractivity contribution >= 4 is 21.8 Å². The van der Waals surface area contributed by atoms with Crippen LogP contribution in [0.2, 0.25) is 0 Å². The summed E-state index contributed by atoms with van der Waals surface area (Å²) in [6.07, 6.45) is 0. The Morgan fingerprint density at radius 3 is 2.90 bits per heavy atom. The third-order valence-corrected chi connectivity index (χ3v) is 6.95. The minimum absolute atomic E-state index is 0.0298. The number of hydrogen-bond donors (Lipinski definition) is 0. The Hall–Kier alpha value is -1.03. The van der Waals surface area contributed by atoms with E-state index in [1.165, 1.54) is 0 Å². The van der Waals surface area contributed by atoms with Crippen molar-refractivity contribution in [1.29, 1.82) is 5.26 Å². The van der Waals surface area contributed by atoms with Crippen molar-refractivity contribution in [3.63, 3.8) is 0 Å². The molecular weight excluding hydrogens is 304 g/mol. The molecule has 1 heterocycles. The first-order chi connectivity index (χ1) is 9.92. The molecule has 1 saturated heterocycles. The summed E-state index contributed by atoms with van der Waals surface area (Å²) in [6.45, 7) is 5.42. The van der Waals surface area contributed by atoms with E-state index in [0.29, 0.717) is 35.4 Å². The average molecular weight is 324 g/mol. The minimum atomic E-state index is -3.32. The molecule has 0 N–H and O–H groups in total. The lowest BCUT2D eigenvalue weighted by atomic mass is 10.1. The molecule has 0 spiro atoms. The van der Waals surface area contributed by atoms with Crippen LogP contribution in [0.1, 0.15) is 25.0 Å². The van der Waals surface area contributed by atoms with Crippen LogP contribution in [0, 0.1) is 17.2 Å². The monoisotopic (exact) mass is 324 g/mol. The zero-order valence-corrected chi connectivity index (χ0v) is 14.0. The van der Waals surface area contributed by atoms with Gasteiger partial charge in [0.1, 0.15) is 0 Å². The van der Waals surface area contributed by atoms with Crippen molar-refractivity contribution < 1.29 is 8.42 Å². The minimum Gasteiger partial charge on any atom is -0.212 e. The van der Waals surface area contributed by atoms with Crippen molar-refractivity contribution in [2.75, 3.05) is 18.8 Å². The van der Waals surface area contributed by atoms with E-state index in [9.17, 15) is 8.42 Å². The normalized spacial score (nSPS) is 20.4. The molecule has 114 valence electrons. The quantitative estimate of drug-likeness (QED) is 0.853. The van der Waals surface area contributed by atoms with Gasteiger partial charge >= 0.3 is 0 Å². The fourth-order valence-corrected chi connectivity index (χ4v) is 5.39. The first-order valence-electron chi connectivity index (χ1n) is 7.01. The third kappa shape index (κ3) is 4.22. The molecule has 1 aromatic rings. The summed E-state index contributed by atoms with van der Waals surface area (Å²) in [5.74, 6) is 1.29. The van der Waals surface area contributed by atoms with Crippen LogP contribution in [0.15, 0.2) is 24.3 Å². The Kier molecular flexibility index (Phi) is 5.31. The smallest absolute Gasteiger partial charge is 0.212 e. The SMILES string of the molecule is CC(C)[C@H]1CN(S(=O)(=O)Cc2cccc(C#N)c2)CCS1. The molecule has 1 fully saturated rings. The number of rotatable bonds is 4. The van der Waals surface area contributed by atoms with Crippen molar-refractivity contribution in [3.05, 3.63) is 35.4 Å². The number of benzene rings is 1. The summed E-state index contributed by atoms with van der Waals surface area (Å²) in [7, 11) is -3.32. The second-order valence-corrected chi connectivity index (χ2v) is 8.90. The molecule has 0 saturated carbocycles. The molecular formula is C15H20N2O2S2. The van der Waals surface area contributed by atoms with Gasteiger partial charge < -0.3 is 0 Å². The van der Waals surface area contributed by atoms with Crippen molar-refractivity contribution in [2.45, 2.75) is 24.9 Å². The molecule has 0 bridgehead atoms. The van der Waals surface area contributed by atoms with E-state index in [1.54, 1.807) is 28.6 Å². The number of nitrogens with zero attached hydrogens (tertiary/aromatic N) is 2. The molecule has 1 aromatic carbocycles. The number of thioether (sulfide) groups is 1. The number of sulfonamides is 1. The fraction of sp³-hybridized carbons (Fsp3) is 0.533. The Labute approximate surface area is 131 Å². The molecule has 0 radical (unpaired) electrons. The standard InChI is InChI=1S/C15H20N2O2S2/c1-12(2)15-10-17(6-7-20-15)21(18,19)11-14-5-3-4-13(8-14)9-16/h3-5,8,12,15H,6-7,10-11H2,1-2H3/t15-/m1/s1. The van der Waals surface area contributed by atoms with Crippen LogP contribution in [0.3, 0.4) is 0 Å². The summed E-state index contributed by atoms with van der Waals surface area (Å²) in [5.41, 5.74) is 1.17. The number of nitriles is 1. The Balaban J connectivity index is 2.12. The maximum atomic E-state index is 12.6. The van der Waals surface area contributed by atoms with E-state index in [4.69, 9.17) is 5.26 Å². The zero-order chi connectivity index (χ0) is 15.5. The van der Waals surface area contributed by atoms with E-state index in [0.717, 1.165) is 5.75 Å². The van der Waals surface area contributed by atoms with Crippen LogP contribution in [0.5, 0.6) is 0 Å². The summed E-state index contributed by atoms with van der Waals surface area (Å²) in [5, 5.41) is 9.25. The number of hydrogen-bond acceptors (Lipinski definition) is 4. The maximum Gasteiger partial charge on any atom is 0.218 e. The lowest BCUT2D eigenvalue weighted by Gasteiger charge is -2.33. The van der Waals surface area contributed by atoms with E-state index < -0.39 is 10.0 Å². The highest BCUT2D eigenvalue weighted by Gasteiger charge is 2.30. The molecule has 1 aliphatic heterocycles. The van der Waals surface area contributed by atoms with E-state index in [2.05, 4.69) is 13.8 Å². The van der Waals surface area contributed by atoms with Crippen LogP contribution in [0.4, 0.5) is 0 Å². The van der Waals surface area contributed by atoms with Crippen LogP contribution in [-0.4, -0.2) is 36.8 Å². The average Bonchev–Trinajstić information content (AvgIpc) is 2.47. The molecule has 0 unspecified atom stereocenters. The van der Waals surface area contributed by atoms with E-state index in [-0.39, 0.29) is 5.75 Å². The predicted octanol–water partition coefficient (Wildman–Crippen LogP) is 2.46. The zero-order valence-electron chi connectivity index (χ0n) is 12.3. The molecule has 0 amide bonds. The summed E-state index contributed by atoms with van der Waals surface area (Å²) >= 11 is 1.85. The van der Waals surface area contributed by atoms with Gasteiger partial charge in [-0.15, -0.1) is 0 Å². The first-order valence-corrected chi connectivity index (χ1v) is 9.66. The third-order valence-electron chi connectivity index (χ3n) is 3.60. The second kappa shape index (κ2) is 6.82. The molecule has 6 heteroatoms.